The first-order valence-electron chi connectivity index (χ1n) is 3.77. The van der Waals surface area contributed by atoms with E-state index in [1.165, 1.54) is 4.52 Å². The third-order valence-corrected chi connectivity index (χ3v) is 2.49. The molecule has 68 valence electrons. The number of aryl methyl sites for hydroxylation is 2. The minimum Gasteiger partial charge on any atom is -0.232 e. The quantitative estimate of drug-likeness (QED) is 0.633. The Hall–Kier alpha value is -0.800. The summed E-state index contributed by atoms with van der Waals surface area (Å²) in [6.07, 6.45) is 0. The van der Waals surface area contributed by atoms with Crippen molar-refractivity contribution in [3.63, 3.8) is 0 Å². The minimum atomic E-state index is 0.525. The van der Waals surface area contributed by atoms with E-state index in [-0.39, 0.29) is 0 Å². The maximum atomic E-state index is 5.98. The highest BCUT2D eigenvalue weighted by Crippen LogP contribution is 2.22. The molecule has 0 spiro atoms. The average molecular weight is 216 g/mol. The number of hydrogen-bond acceptors (Lipinski definition) is 2. The summed E-state index contributed by atoms with van der Waals surface area (Å²) in [4.78, 5) is 4.24. The normalized spacial score (nSPS) is 11.1. The van der Waals surface area contributed by atoms with Crippen LogP contribution in [0.5, 0.6) is 0 Å². The van der Waals surface area contributed by atoms with Crippen LogP contribution in [0.1, 0.15) is 11.4 Å². The molecule has 5 heteroatoms. The van der Waals surface area contributed by atoms with Crippen molar-refractivity contribution in [2.75, 3.05) is 0 Å². The standard InChI is InChI=1S/C8H7Cl2N3/c1-4-3-6(9)13-8(11-4)7(10)5(2)12-13/h3H,1-2H3. The zero-order chi connectivity index (χ0) is 9.59. The molecule has 0 saturated heterocycles. The largest absolute Gasteiger partial charge is 0.232 e. The Balaban J connectivity index is 2.94. The van der Waals surface area contributed by atoms with Gasteiger partial charge in [0.15, 0.2) is 5.65 Å². The van der Waals surface area contributed by atoms with Gasteiger partial charge in [-0.1, -0.05) is 23.2 Å². The van der Waals surface area contributed by atoms with Gasteiger partial charge in [0.25, 0.3) is 0 Å². The van der Waals surface area contributed by atoms with E-state index in [0.717, 1.165) is 11.4 Å². The first-order valence-corrected chi connectivity index (χ1v) is 4.53. The van der Waals surface area contributed by atoms with E-state index in [4.69, 9.17) is 23.2 Å². The maximum Gasteiger partial charge on any atom is 0.176 e. The maximum absolute atomic E-state index is 5.98. The van der Waals surface area contributed by atoms with Gasteiger partial charge in [-0.05, 0) is 19.9 Å². The fourth-order valence-electron chi connectivity index (χ4n) is 1.17. The molecule has 0 fully saturated rings. The topological polar surface area (TPSA) is 30.2 Å². The summed E-state index contributed by atoms with van der Waals surface area (Å²) in [6, 6.07) is 1.75. The molecule has 0 bridgehead atoms. The van der Waals surface area contributed by atoms with E-state index >= 15 is 0 Å². The molecular formula is C8H7Cl2N3. The molecule has 13 heavy (non-hydrogen) atoms. The van der Waals surface area contributed by atoms with Gasteiger partial charge < -0.3 is 0 Å². The third-order valence-electron chi connectivity index (χ3n) is 1.78. The van der Waals surface area contributed by atoms with Gasteiger partial charge in [-0.2, -0.15) is 5.10 Å². The van der Waals surface area contributed by atoms with Crippen LogP contribution in [-0.2, 0) is 0 Å². The van der Waals surface area contributed by atoms with E-state index in [1.807, 2.05) is 13.8 Å². The molecule has 3 nitrogen and oxygen atoms in total. The Morgan fingerprint density at radius 2 is 2.00 bits per heavy atom. The van der Waals surface area contributed by atoms with Crippen LogP contribution in [0.2, 0.25) is 10.2 Å². The monoisotopic (exact) mass is 215 g/mol. The molecule has 0 aliphatic carbocycles. The number of fused-ring (bicyclic) bond motifs is 1. The second kappa shape index (κ2) is 2.86. The number of rotatable bonds is 0. The number of hydrogen-bond donors (Lipinski definition) is 0. The summed E-state index contributed by atoms with van der Waals surface area (Å²) in [5, 5.41) is 5.23. The first-order chi connectivity index (χ1) is 6.09. The van der Waals surface area contributed by atoms with Crippen LogP contribution < -0.4 is 0 Å². The predicted molar refractivity (Wildman–Crippen MR) is 52.5 cm³/mol. The first kappa shape index (κ1) is 8.78. The van der Waals surface area contributed by atoms with Gasteiger partial charge >= 0.3 is 0 Å². The Morgan fingerprint density at radius 3 is 2.69 bits per heavy atom. The molecule has 2 aromatic rings. The van der Waals surface area contributed by atoms with Crippen LogP contribution in [0.3, 0.4) is 0 Å². The van der Waals surface area contributed by atoms with Crippen molar-refractivity contribution >= 4 is 28.8 Å². The van der Waals surface area contributed by atoms with Gasteiger partial charge in [0.05, 0.1) is 5.69 Å². The number of halogens is 2. The predicted octanol–water partition coefficient (Wildman–Crippen LogP) is 2.65. The van der Waals surface area contributed by atoms with Crippen LogP contribution in [0.25, 0.3) is 5.65 Å². The van der Waals surface area contributed by atoms with Gasteiger partial charge in [-0.15, -0.1) is 0 Å². The van der Waals surface area contributed by atoms with E-state index in [1.54, 1.807) is 6.07 Å². The van der Waals surface area contributed by atoms with Crippen LogP contribution in [0, 0.1) is 13.8 Å². The lowest BCUT2D eigenvalue weighted by Gasteiger charge is -1.97. The van der Waals surface area contributed by atoms with Crippen molar-refractivity contribution in [2.24, 2.45) is 0 Å². The molecule has 2 heterocycles. The molecule has 0 aromatic carbocycles. The number of nitrogens with zero attached hydrogens (tertiary/aromatic N) is 3. The van der Waals surface area contributed by atoms with E-state index < -0.39 is 0 Å². The van der Waals surface area contributed by atoms with Crippen molar-refractivity contribution < 1.29 is 0 Å². The van der Waals surface area contributed by atoms with Crippen molar-refractivity contribution in [1.29, 1.82) is 0 Å². The van der Waals surface area contributed by atoms with Crippen molar-refractivity contribution in [1.82, 2.24) is 14.6 Å². The minimum absolute atomic E-state index is 0.525. The van der Waals surface area contributed by atoms with E-state index in [2.05, 4.69) is 10.1 Å². The molecule has 0 amide bonds. The van der Waals surface area contributed by atoms with Crippen molar-refractivity contribution in [3.05, 3.63) is 27.6 Å². The SMILES string of the molecule is Cc1cc(Cl)n2nc(C)c(Cl)c2n1. The Labute approximate surface area is 85.3 Å². The van der Waals surface area contributed by atoms with Crippen LogP contribution >= 0.6 is 23.2 Å². The van der Waals surface area contributed by atoms with Gasteiger partial charge in [0.1, 0.15) is 10.2 Å². The molecule has 0 unspecified atom stereocenters. The Kier molecular flexibility index (Phi) is 1.93. The van der Waals surface area contributed by atoms with Gasteiger partial charge in [0.2, 0.25) is 0 Å². The van der Waals surface area contributed by atoms with Crippen LogP contribution in [-0.4, -0.2) is 14.6 Å². The molecular weight excluding hydrogens is 209 g/mol. The highest BCUT2D eigenvalue weighted by molar-refractivity contribution is 6.34. The highest BCUT2D eigenvalue weighted by atomic mass is 35.5. The smallest absolute Gasteiger partial charge is 0.176 e. The molecule has 0 aliphatic heterocycles. The van der Waals surface area contributed by atoms with Crippen LogP contribution in [0.15, 0.2) is 6.07 Å². The molecule has 0 radical (unpaired) electrons. The second-order valence-electron chi connectivity index (χ2n) is 2.86. The lowest BCUT2D eigenvalue weighted by molar-refractivity contribution is 0.910. The fourth-order valence-corrected chi connectivity index (χ4v) is 1.61. The second-order valence-corrected chi connectivity index (χ2v) is 3.62. The molecule has 0 saturated carbocycles. The summed E-state index contributed by atoms with van der Waals surface area (Å²) in [5.41, 5.74) is 2.19. The van der Waals surface area contributed by atoms with Crippen molar-refractivity contribution in [3.8, 4) is 0 Å². The van der Waals surface area contributed by atoms with Gasteiger partial charge in [-0.25, -0.2) is 9.50 Å². The Bertz CT molecular complexity index is 476. The molecule has 0 aliphatic rings. The lowest BCUT2D eigenvalue weighted by Crippen LogP contribution is -1.93. The fraction of sp³-hybridized carbons (Fsp3) is 0.250. The zero-order valence-corrected chi connectivity index (χ0v) is 8.69. The molecule has 2 rings (SSSR count). The highest BCUT2D eigenvalue weighted by Gasteiger charge is 2.10. The van der Waals surface area contributed by atoms with Crippen LogP contribution in [0.4, 0.5) is 0 Å². The molecule has 0 N–H and O–H groups in total. The molecule has 2 aromatic heterocycles. The molecule has 0 atom stereocenters. The lowest BCUT2D eigenvalue weighted by atomic mass is 10.4. The summed E-state index contributed by atoms with van der Waals surface area (Å²) in [5.74, 6) is 0. The van der Waals surface area contributed by atoms with Crippen molar-refractivity contribution in [2.45, 2.75) is 13.8 Å². The summed E-state index contributed by atoms with van der Waals surface area (Å²) in [6.45, 7) is 3.69. The summed E-state index contributed by atoms with van der Waals surface area (Å²) >= 11 is 11.9. The van der Waals surface area contributed by atoms with Gasteiger partial charge in [-0.3, -0.25) is 0 Å². The average Bonchev–Trinajstić information content (AvgIpc) is 2.32. The third kappa shape index (κ3) is 1.28. The number of aromatic nitrogens is 3. The summed E-state index contributed by atoms with van der Waals surface area (Å²) in [7, 11) is 0. The van der Waals surface area contributed by atoms with E-state index in [9.17, 15) is 0 Å². The Morgan fingerprint density at radius 1 is 1.31 bits per heavy atom. The van der Waals surface area contributed by atoms with Gasteiger partial charge in [0, 0.05) is 5.69 Å². The summed E-state index contributed by atoms with van der Waals surface area (Å²) < 4.78 is 1.53. The van der Waals surface area contributed by atoms with E-state index in [0.29, 0.717) is 15.8 Å². The zero-order valence-electron chi connectivity index (χ0n) is 7.17.